The number of aryl methyl sites for hydroxylation is 1. The van der Waals surface area contributed by atoms with Crippen molar-refractivity contribution < 1.29 is 8.42 Å². The fraction of sp³-hybridized carbons (Fsp3) is 0.600. The van der Waals surface area contributed by atoms with Crippen LogP contribution in [0.2, 0.25) is 0 Å². The quantitative estimate of drug-likeness (QED) is 0.895. The number of benzene rings is 1. The lowest BCUT2D eigenvalue weighted by molar-refractivity contribution is 0.313. The lowest BCUT2D eigenvalue weighted by atomic mass is 9.88. The predicted octanol–water partition coefficient (Wildman–Crippen LogP) is 2.31. The van der Waals surface area contributed by atoms with Gasteiger partial charge in [-0.25, -0.2) is 13.1 Å². The number of hydrogen-bond acceptors (Lipinski definition) is 3. The number of sulfonamides is 1. The van der Waals surface area contributed by atoms with Gasteiger partial charge in [-0.15, -0.1) is 0 Å². The average Bonchev–Trinajstić information content (AvgIpc) is 2.68. The highest BCUT2D eigenvalue weighted by Crippen LogP contribution is 2.38. The Morgan fingerprint density at radius 3 is 2.65 bits per heavy atom. The molecular formula is C15H24N2O2S. The summed E-state index contributed by atoms with van der Waals surface area (Å²) >= 11 is 0. The molecule has 0 aromatic heterocycles. The summed E-state index contributed by atoms with van der Waals surface area (Å²) in [6.45, 7) is 6.40. The highest BCUT2D eigenvalue weighted by molar-refractivity contribution is 7.89. The second-order valence-corrected chi connectivity index (χ2v) is 8.04. The van der Waals surface area contributed by atoms with E-state index >= 15 is 0 Å². The molecule has 1 aliphatic carbocycles. The summed E-state index contributed by atoms with van der Waals surface area (Å²) < 4.78 is 28.1. The molecular weight excluding hydrogens is 272 g/mol. The molecule has 5 heteroatoms. The first-order chi connectivity index (χ1) is 9.26. The van der Waals surface area contributed by atoms with Crippen molar-refractivity contribution in [2.24, 2.45) is 11.1 Å². The number of nitrogens with one attached hydrogen (secondary N) is 1. The van der Waals surface area contributed by atoms with Crippen LogP contribution in [-0.4, -0.2) is 14.5 Å². The smallest absolute Gasteiger partial charge is 0.241 e. The standard InChI is InChI=1S/C15H24N2O2S/c1-11-6-7-12(10-16)9-13(11)20(18,19)17-14-5-4-8-15(14,2)3/h6-7,9,14,17H,4-5,8,10,16H2,1-3H3. The van der Waals surface area contributed by atoms with E-state index in [1.54, 1.807) is 6.07 Å². The highest BCUT2D eigenvalue weighted by Gasteiger charge is 2.37. The van der Waals surface area contributed by atoms with Crippen LogP contribution in [0.4, 0.5) is 0 Å². The molecule has 1 fully saturated rings. The monoisotopic (exact) mass is 296 g/mol. The van der Waals surface area contributed by atoms with Crippen molar-refractivity contribution in [1.29, 1.82) is 0 Å². The van der Waals surface area contributed by atoms with Crippen LogP contribution < -0.4 is 10.5 Å². The summed E-state index contributed by atoms with van der Waals surface area (Å²) in [5, 5.41) is 0. The molecule has 0 bridgehead atoms. The molecule has 0 aliphatic heterocycles. The Hall–Kier alpha value is -0.910. The minimum Gasteiger partial charge on any atom is -0.326 e. The molecule has 1 saturated carbocycles. The topological polar surface area (TPSA) is 72.2 Å². The third-order valence-corrected chi connectivity index (χ3v) is 5.95. The highest BCUT2D eigenvalue weighted by atomic mass is 32.2. The largest absolute Gasteiger partial charge is 0.326 e. The second-order valence-electron chi connectivity index (χ2n) is 6.36. The van der Waals surface area contributed by atoms with E-state index in [4.69, 9.17) is 5.73 Å². The van der Waals surface area contributed by atoms with Crippen LogP contribution in [0, 0.1) is 12.3 Å². The zero-order valence-corrected chi connectivity index (χ0v) is 13.3. The number of hydrogen-bond donors (Lipinski definition) is 2. The van der Waals surface area contributed by atoms with Crippen molar-refractivity contribution in [1.82, 2.24) is 4.72 Å². The van der Waals surface area contributed by atoms with Gasteiger partial charge in [0.2, 0.25) is 10.0 Å². The van der Waals surface area contributed by atoms with E-state index < -0.39 is 10.0 Å². The zero-order chi connectivity index (χ0) is 15.0. The normalized spacial score (nSPS) is 22.1. The van der Waals surface area contributed by atoms with E-state index in [0.717, 1.165) is 30.4 Å². The maximum absolute atomic E-state index is 12.6. The van der Waals surface area contributed by atoms with Crippen LogP contribution in [0.3, 0.4) is 0 Å². The number of rotatable bonds is 4. The first-order valence-electron chi connectivity index (χ1n) is 7.08. The molecule has 1 unspecified atom stereocenters. The first kappa shape index (κ1) is 15.5. The van der Waals surface area contributed by atoms with Crippen molar-refractivity contribution in [3.8, 4) is 0 Å². The van der Waals surface area contributed by atoms with Crippen LogP contribution in [0.5, 0.6) is 0 Å². The molecule has 0 heterocycles. The number of nitrogens with two attached hydrogens (primary N) is 1. The fourth-order valence-corrected chi connectivity index (χ4v) is 4.59. The summed E-state index contributed by atoms with van der Waals surface area (Å²) in [5.41, 5.74) is 7.21. The van der Waals surface area contributed by atoms with Crippen LogP contribution in [0.15, 0.2) is 23.1 Å². The Labute approximate surface area is 121 Å². The third-order valence-electron chi connectivity index (χ3n) is 4.33. The van der Waals surface area contributed by atoms with Crippen molar-refractivity contribution >= 4 is 10.0 Å². The van der Waals surface area contributed by atoms with Crippen LogP contribution in [0.1, 0.15) is 44.2 Å². The molecule has 20 heavy (non-hydrogen) atoms. The van der Waals surface area contributed by atoms with Gasteiger partial charge in [0, 0.05) is 12.6 Å². The molecule has 0 saturated heterocycles. The summed E-state index contributed by atoms with van der Waals surface area (Å²) in [6.07, 6.45) is 3.03. The molecule has 4 nitrogen and oxygen atoms in total. The maximum atomic E-state index is 12.6. The van der Waals surface area contributed by atoms with E-state index in [1.807, 2.05) is 19.1 Å². The van der Waals surface area contributed by atoms with Gasteiger partial charge in [0.15, 0.2) is 0 Å². The molecule has 112 valence electrons. The van der Waals surface area contributed by atoms with Gasteiger partial charge in [-0.2, -0.15) is 0 Å². The van der Waals surface area contributed by atoms with E-state index in [9.17, 15) is 8.42 Å². The molecule has 0 radical (unpaired) electrons. The second kappa shape index (κ2) is 5.47. The summed E-state index contributed by atoms with van der Waals surface area (Å²) in [4.78, 5) is 0.350. The molecule has 3 N–H and O–H groups in total. The van der Waals surface area contributed by atoms with Crippen LogP contribution in [0.25, 0.3) is 0 Å². The van der Waals surface area contributed by atoms with Gasteiger partial charge in [-0.3, -0.25) is 0 Å². The molecule has 0 spiro atoms. The van der Waals surface area contributed by atoms with E-state index in [1.165, 1.54) is 0 Å². The Morgan fingerprint density at radius 2 is 2.10 bits per heavy atom. The molecule has 1 aliphatic rings. The maximum Gasteiger partial charge on any atom is 0.241 e. The summed E-state index contributed by atoms with van der Waals surface area (Å²) in [7, 11) is -3.48. The summed E-state index contributed by atoms with van der Waals surface area (Å²) in [5.74, 6) is 0. The van der Waals surface area contributed by atoms with E-state index in [-0.39, 0.29) is 11.5 Å². The van der Waals surface area contributed by atoms with Crippen molar-refractivity contribution in [2.45, 2.75) is 57.5 Å². The molecule has 0 amide bonds. The SMILES string of the molecule is Cc1ccc(CN)cc1S(=O)(=O)NC1CCCC1(C)C. The van der Waals surface area contributed by atoms with E-state index in [2.05, 4.69) is 18.6 Å². The Bertz CT molecular complexity index is 594. The average molecular weight is 296 g/mol. The van der Waals surface area contributed by atoms with Gasteiger partial charge < -0.3 is 5.73 Å². The lowest BCUT2D eigenvalue weighted by Gasteiger charge is -2.27. The minimum absolute atomic E-state index is 0.00781. The van der Waals surface area contributed by atoms with Crippen LogP contribution >= 0.6 is 0 Å². The van der Waals surface area contributed by atoms with Gasteiger partial charge in [-0.1, -0.05) is 32.4 Å². The van der Waals surface area contributed by atoms with E-state index in [0.29, 0.717) is 11.4 Å². The Morgan fingerprint density at radius 1 is 1.40 bits per heavy atom. The minimum atomic E-state index is -3.48. The lowest BCUT2D eigenvalue weighted by Crippen LogP contribution is -2.41. The molecule has 1 atom stereocenters. The molecule has 1 aromatic rings. The van der Waals surface area contributed by atoms with Gasteiger partial charge in [-0.05, 0) is 42.4 Å². The Kier molecular flexibility index (Phi) is 4.23. The first-order valence-corrected chi connectivity index (χ1v) is 8.56. The molecule has 1 aromatic carbocycles. The van der Waals surface area contributed by atoms with Crippen molar-refractivity contribution in [2.75, 3.05) is 0 Å². The van der Waals surface area contributed by atoms with Crippen molar-refractivity contribution in [3.63, 3.8) is 0 Å². The van der Waals surface area contributed by atoms with Gasteiger partial charge in [0.25, 0.3) is 0 Å². The Balaban J connectivity index is 2.31. The van der Waals surface area contributed by atoms with Gasteiger partial charge >= 0.3 is 0 Å². The van der Waals surface area contributed by atoms with Gasteiger partial charge in [0.1, 0.15) is 0 Å². The zero-order valence-electron chi connectivity index (χ0n) is 12.4. The third kappa shape index (κ3) is 3.05. The van der Waals surface area contributed by atoms with Crippen molar-refractivity contribution in [3.05, 3.63) is 29.3 Å². The van der Waals surface area contributed by atoms with Gasteiger partial charge in [0.05, 0.1) is 4.90 Å². The predicted molar refractivity (Wildman–Crippen MR) is 80.8 cm³/mol. The van der Waals surface area contributed by atoms with Crippen LogP contribution in [-0.2, 0) is 16.6 Å². The fourth-order valence-electron chi connectivity index (χ4n) is 2.86. The summed E-state index contributed by atoms with van der Waals surface area (Å²) in [6, 6.07) is 5.37. The molecule has 2 rings (SSSR count).